The molecule has 20 heavy (non-hydrogen) atoms. The molecule has 0 aromatic heterocycles. The van der Waals surface area contributed by atoms with Gasteiger partial charge in [-0.05, 0) is 30.9 Å². The highest BCUT2D eigenvalue weighted by Gasteiger charge is 2.22. The third kappa shape index (κ3) is 3.88. The zero-order valence-corrected chi connectivity index (χ0v) is 11.8. The minimum absolute atomic E-state index is 0.267. The average molecular weight is 275 g/mol. The quantitative estimate of drug-likeness (QED) is 0.897. The number of nitrogens with zero attached hydrogens (tertiary/aromatic N) is 1. The van der Waals surface area contributed by atoms with Crippen LogP contribution in [0.2, 0.25) is 0 Å². The molecule has 0 radical (unpaired) electrons. The van der Waals surface area contributed by atoms with Crippen molar-refractivity contribution in [2.75, 3.05) is 13.7 Å². The summed E-state index contributed by atoms with van der Waals surface area (Å²) in [7, 11) is 1.55. The Bertz CT molecular complexity index is 475. The Balaban J connectivity index is 1.94. The third-order valence-corrected chi connectivity index (χ3v) is 3.86. The first kappa shape index (κ1) is 14.7. The Kier molecular flexibility index (Phi) is 5.25. The smallest absolute Gasteiger partial charge is 0.124 e. The summed E-state index contributed by atoms with van der Waals surface area (Å²) < 4.78 is 10.8. The SMILES string of the molecule is COc1cc(C#N)cc(OCC(O)C2CCCCC2)c1. The van der Waals surface area contributed by atoms with Gasteiger partial charge in [-0.15, -0.1) is 0 Å². The molecule has 0 bridgehead atoms. The van der Waals surface area contributed by atoms with E-state index in [1.54, 1.807) is 25.3 Å². The highest BCUT2D eigenvalue weighted by molar-refractivity contribution is 5.43. The molecule has 108 valence electrons. The third-order valence-electron chi connectivity index (χ3n) is 3.86. The van der Waals surface area contributed by atoms with Crippen LogP contribution < -0.4 is 9.47 Å². The lowest BCUT2D eigenvalue weighted by atomic mass is 9.85. The van der Waals surface area contributed by atoms with Crippen molar-refractivity contribution in [1.29, 1.82) is 5.26 Å². The predicted octanol–water partition coefficient (Wildman–Crippen LogP) is 2.89. The highest BCUT2D eigenvalue weighted by atomic mass is 16.5. The molecule has 1 aromatic carbocycles. The van der Waals surface area contributed by atoms with E-state index < -0.39 is 6.10 Å². The molecular weight excluding hydrogens is 254 g/mol. The first-order chi connectivity index (χ1) is 9.72. The second-order valence-electron chi connectivity index (χ2n) is 5.29. The lowest BCUT2D eigenvalue weighted by Gasteiger charge is -2.26. The summed E-state index contributed by atoms with van der Waals surface area (Å²) in [6.45, 7) is 0.267. The summed E-state index contributed by atoms with van der Waals surface area (Å²) >= 11 is 0. The molecule has 4 heteroatoms. The largest absolute Gasteiger partial charge is 0.497 e. The van der Waals surface area contributed by atoms with E-state index in [1.165, 1.54) is 19.3 Å². The molecule has 0 spiro atoms. The van der Waals surface area contributed by atoms with Crippen molar-refractivity contribution in [3.8, 4) is 17.6 Å². The van der Waals surface area contributed by atoms with Crippen molar-refractivity contribution in [3.63, 3.8) is 0 Å². The van der Waals surface area contributed by atoms with Crippen LogP contribution in [0.3, 0.4) is 0 Å². The summed E-state index contributed by atoms with van der Waals surface area (Å²) in [5.41, 5.74) is 0.492. The van der Waals surface area contributed by atoms with Gasteiger partial charge in [-0.1, -0.05) is 19.3 Å². The van der Waals surface area contributed by atoms with Crippen LogP contribution in [0.4, 0.5) is 0 Å². The number of rotatable bonds is 5. The zero-order chi connectivity index (χ0) is 14.4. The van der Waals surface area contributed by atoms with Gasteiger partial charge in [0, 0.05) is 6.07 Å². The molecule has 4 nitrogen and oxygen atoms in total. The van der Waals surface area contributed by atoms with Gasteiger partial charge in [0.2, 0.25) is 0 Å². The van der Waals surface area contributed by atoms with Crippen LogP contribution in [-0.2, 0) is 0 Å². The molecule has 1 aliphatic rings. The van der Waals surface area contributed by atoms with Crippen LogP contribution >= 0.6 is 0 Å². The van der Waals surface area contributed by atoms with Gasteiger partial charge in [0.05, 0.1) is 24.8 Å². The number of hydrogen-bond acceptors (Lipinski definition) is 4. The van der Waals surface area contributed by atoms with E-state index in [-0.39, 0.29) is 6.61 Å². The predicted molar refractivity (Wildman–Crippen MR) is 75.8 cm³/mol. The molecule has 0 saturated heterocycles. The number of aliphatic hydroxyl groups is 1. The normalized spacial score (nSPS) is 17.2. The van der Waals surface area contributed by atoms with E-state index in [1.807, 2.05) is 0 Å². The molecule has 1 aliphatic carbocycles. The number of hydrogen-bond donors (Lipinski definition) is 1. The maximum Gasteiger partial charge on any atom is 0.124 e. The molecule has 0 heterocycles. The summed E-state index contributed by atoms with van der Waals surface area (Å²) in [5.74, 6) is 1.49. The minimum Gasteiger partial charge on any atom is -0.497 e. The fourth-order valence-electron chi connectivity index (χ4n) is 2.67. The Hall–Kier alpha value is -1.73. The molecule has 1 saturated carbocycles. The molecule has 0 amide bonds. The first-order valence-electron chi connectivity index (χ1n) is 7.13. The van der Waals surface area contributed by atoms with Crippen LogP contribution in [0, 0.1) is 17.2 Å². The fourth-order valence-corrected chi connectivity index (χ4v) is 2.67. The fraction of sp³-hybridized carbons (Fsp3) is 0.562. The van der Waals surface area contributed by atoms with Gasteiger partial charge in [0.25, 0.3) is 0 Å². The van der Waals surface area contributed by atoms with Gasteiger partial charge in [0.1, 0.15) is 18.1 Å². The average Bonchev–Trinajstić information content (AvgIpc) is 2.53. The highest BCUT2D eigenvalue weighted by Crippen LogP contribution is 2.27. The maximum atomic E-state index is 10.2. The van der Waals surface area contributed by atoms with Gasteiger partial charge in [-0.3, -0.25) is 0 Å². The van der Waals surface area contributed by atoms with Crippen molar-refractivity contribution in [2.45, 2.75) is 38.2 Å². The molecule has 1 N–H and O–H groups in total. The van der Waals surface area contributed by atoms with Gasteiger partial charge in [-0.25, -0.2) is 0 Å². The lowest BCUT2D eigenvalue weighted by Crippen LogP contribution is -2.28. The Morgan fingerprint density at radius 1 is 1.25 bits per heavy atom. The number of ether oxygens (including phenoxy) is 2. The van der Waals surface area contributed by atoms with E-state index in [0.717, 1.165) is 12.8 Å². The molecule has 1 aromatic rings. The Morgan fingerprint density at radius 3 is 2.60 bits per heavy atom. The topological polar surface area (TPSA) is 62.5 Å². The summed E-state index contributed by atoms with van der Waals surface area (Å²) in [6.07, 6.45) is 5.37. The Morgan fingerprint density at radius 2 is 1.95 bits per heavy atom. The Labute approximate surface area is 119 Å². The summed E-state index contributed by atoms with van der Waals surface area (Å²) in [6, 6.07) is 7.12. The van der Waals surface area contributed by atoms with Crippen molar-refractivity contribution in [1.82, 2.24) is 0 Å². The number of benzene rings is 1. The number of methoxy groups -OCH3 is 1. The summed E-state index contributed by atoms with van der Waals surface area (Å²) in [4.78, 5) is 0. The molecule has 1 unspecified atom stereocenters. The van der Waals surface area contributed by atoms with E-state index in [9.17, 15) is 5.11 Å². The van der Waals surface area contributed by atoms with Crippen molar-refractivity contribution < 1.29 is 14.6 Å². The van der Waals surface area contributed by atoms with Gasteiger partial charge >= 0.3 is 0 Å². The van der Waals surface area contributed by atoms with E-state index >= 15 is 0 Å². The molecule has 1 atom stereocenters. The van der Waals surface area contributed by atoms with Gasteiger partial charge in [0.15, 0.2) is 0 Å². The van der Waals surface area contributed by atoms with E-state index in [4.69, 9.17) is 14.7 Å². The molecule has 0 aliphatic heterocycles. The monoisotopic (exact) mass is 275 g/mol. The zero-order valence-electron chi connectivity index (χ0n) is 11.8. The lowest BCUT2D eigenvalue weighted by molar-refractivity contribution is 0.0413. The van der Waals surface area contributed by atoms with Gasteiger partial charge < -0.3 is 14.6 Å². The van der Waals surface area contributed by atoms with Crippen LogP contribution in [0.5, 0.6) is 11.5 Å². The van der Waals surface area contributed by atoms with Gasteiger partial charge in [-0.2, -0.15) is 5.26 Å². The second-order valence-corrected chi connectivity index (χ2v) is 5.29. The molecular formula is C16H21NO3. The number of aliphatic hydroxyl groups excluding tert-OH is 1. The van der Waals surface area contributed by atoms with Crippen LogP contribution in [0.25, 0.3) is 0 Å². The van der Waals surface area contributed by atoms with E-state index in [0.29, 0.717) is 23.0 Å². The second kappa shape index (κ2) is 7.16. The number of nitriles is 1. The van der Waals surface area contributed by atoms with Crippen molar-refractivity contribution >= 4 is 0 Å². The van der Waals surface area contributed by atoms with Crippen molar-refractivity contribution in [3.05, 3.63) is 23.8 Å². The first-order valence-corrected chi connectivity index (χ1v) is 7.13. The molecule has 2 rings (SSSR count). The molecule has 1 fully saturated rings. The van der Waals surface area contributed by atoms with E-state index in [2.05, 4.69) is 6.07 Å². The van der Waals surface area contributed by atoms with Crippen LogP contribution in [0.15, 0.2) is 18.2 Å². The standard InChI is InChI=1S/C16H21NO3/c1-19-14-7-12(10-17)8-15(9-14)20-11-16(18)13-5-3-2-4-6-13/h7-9,13,16,18H,2-6,11H2,1H3. The van der Waals surface area contributed by atoms with Crippen LogP contribution in [0.1, 0.15) is 37.7 Å². The van der Waals surface area contributed by atoms with Crippen molar-refractivity contribution in [2.24, 2.45) is 5.92 Å². The minimum atomic E-state index is -0.438. The summed E-state index contributed by atoms with van der Waals surface area (Å²) in [5, 5.41) is 19.1. The maximum absolute atomic E-state index is 10.2. The van der Waals surface area contributed by atoms with Crippen LogP contribution in [-0.4, -0.2) is 24.9 Å².